The second kappa shape index (κ2) is 8.28. The van der Waals surface area contributed by atoms with Crippen molar-refractivity contribution in [1.82, 2.24) is 5.32 Å². The van der Waals surface area contributed by atoms with Gasteiger partial charge in [0.15, 0.2) is 0 Å². The lowest BCUT2D eigenvalue weighted by atomic mass is 9.95. The molecule has 1 aromatic carbocycles. The number of rotatable bonds is 7. The first-order valence-electron chi connectivity index (χ1n) is 8.43. The van der Waals surface area contributed by atoms with E-state index in [1.54, 1.807) is 7.11 Å². The number of ether oxygens (including phenoxy) is 1. The highest BCUT2D eigenvalue weighted by Crippen LogP contribution is 2.29. The number of hydrogen-bond donors (Lipinski definition) is 1. The third-order valence-corrected chi connectivity index (χ3v) is 4.55. The molecule has 0 spiro atoms. The Bertz CT molecular complexity index is 423. The Morgan fingerprint density at radius 2 is 1.86 bits per heavy atom. The van der Waals surface area contributed by atoms with Gasteiger partial charge in [0.05, 0.1) is 12.8 Å². The van der Waals surface area contributed by atoms with Crippen molar-refractivity contribution in [1.29, 1.82) is 0 Å². The molecule has 0 unspecified atom stereocenters. The highest BCUT2D eigenvalue weighted by molar-refractivity contribution is 5.59. The van der Waals surface area contributed by atoms with Gasteiger partial charge in [-0.1, -0.05) is 25.3 Å². The normalized spacial score (nSPS) is 16.0. The molecule has 0 bridgehead atoms. The van der Waals surface area contributed by atoms with Crippen molar-refractivity contribution in [2.24, 2.45) is 0 Å². The minimum atomic E-state index is 0.701. The van der Waals surface area contributed by atoms with Crippen LogP contribution in [0, 0.1) is 0 Å². The second-order valence-electron chi connectivity index (χ2n) is 5.89. The first kappa shape index (κ1) is 16.2. The Hall–Kier alpha value is -1.22. The molecular formula is C18H30N2O. The molecule has 2 rings (SSSR count). The first-order chi connectivity index (χ1) is 10.3. The van der Waals surface area contributed by atoms with Crippen LogP contribution in [0.25, 0.3) is 0 Å². The van der Waals surface area contributed by atoms with E-state index in [4.69, 9.17) is 4.74 Å². The van der Waals surface area contributed by atoms with Crippen LogP contribution in [-0.4, -0.2) is 26.2 Å². The molecule has 0 aliphatic heterocycles. The van der Waals surface area contributed by atoms with E-state index in [-0.39, 0.29) is 0 Å². The molecule has 0 radical (unpaired) electrons. The molecule has 3 nitrogen and oxygen atoms in total. The Balaban J connectivity index is 2.00. The monoisotopic (exact) mass is 290 g/mol. The van der Waals surface area contributed by atoms with Crippen molar-refractivity contribution in [3.05, 3.63) is 23.8 Å². The van der Waals surface area contributed by atoms with Crippen molar-refractivity contribution >= 4 is 5.69 Å². The predicted octanol–water partition coefficient (Wildman–Crippen LogP) is 3.96. The van der Waals surface area contributed by atoms with Crippen LogP contribution in [0.5, 0.6) is 5.75 Å². The molecule has 1 aliphatic carbocycles. The predicted molar refractivity (Wildman–Crippen MR) is 90.3 cm³/mol. The molecule has 21 heavy (non-hydrogen) atoms. The molecule has 1 aromatic rings. The topological polar surface area (TPSA) is 24.5 Å². The number of methoxy groups -OCH3 is 1. The van der Waals surface area contributed by atoms with E-state index in [1.807, 2.05) is 0 Å². The van der Waals surface area contributed by atoms with E-state index in [1.165, 1.54) is 43.4 Å². The van der Waals surface area contributed by atoms with E-state index in [0.717, 1.165) is 25.4 Å². The Morgan fingerprint density at radius 3 is 2.48 bits per heavy atom. The molecule has 0 heterocycles. The summed E-state index contributed by atoms with van der Waals surface area (Å²) in [6.45, 7) is 7.32. The summed E-state index contributed by atoms with van der Waals surface area (Å²) in [5.41, 5.74) is 2.51. The van der Waals surface area contributed by atoms with E-state index in [0.29, 0.717) is 6.04 Å². The fourth-order valence-corrected chi connectivity index (χ4v) is 3.23. The van der Waals surface area contributed by atoms with Crippen molar-refractivity contribution in [2.75, 3.05) is 25.1 Å². The van der Waals surface area contributed by atoms with E-state index < -0.39 is 0 Å². The maximum atomic E-state index is 5.59. The van der Waals surface area contributed by atoms with Crippen LogP contribution in [0.4, 0.5) is 5.69 Å². The summed E-state index contributed by atoms with van der Waals surface area (Å²) in [6.07, 6.45) is 6.82. The summed E-state index contributed by atoms with van der Waals surface area (Å²) in [4.78, 5) is 2.33. The van der Waals surface area contributed by atoms with Crippen LogP contribution < -0.4 is 15.0 Å². The maximum Gasteiger partial charge on any atom is 0.142 e. The summed E-state index contributed by atoms with van der Waals surface area (Å²) in [5, 5.41) is 3.70. The van der Waals surface area contributed by atoms with Crippen LogP contribution in [0.15, 0.2) is 18.2 Å². The van der Waals surface area contributed by atoms with Gasteiger partial charge in [-0.25, -0.2) is 0 Å². The maximum absolute atomic E-state index is 5.59. The van der Waals surface area contributed by atoms with E-state index in [9.17, 15) is 0 Å². The van der Waals surface area contributed by atoms with Crippen LogP contribution in [-0.2, 0) is 6.54 Å². The molecular weight excluding hydrogens is 260 g/mol. The zero-order valence-electron chi connectivity index (χ0n) is 13.8. The number of nitrogens with zero attached hydrogens (tertiary/aromatic N) is 1. The SMILES string of the molecule is CCN(CC)c1ccc(CNC2CCCCC2)cc1OC. The third-order valence-electron chi connectivity index (χ3n) is 4.55. The average Bonchev–Trinajstić information content (AvgIpc) is 2.55. The lowest BCUT2D eigenvalue weighted by Crippen LogP contribution is -2.30. The molecule has 0 aromatic heterocycles. The van der Waals surface area contributed by atoms with Gasteiger partial charge in [0.2, 0.25) is 0 Å². The number of hydrogen-bond acceptors (Lipinski definition) is 3. The molecule has 0 atom stereocenters. The number of nitrogens with one attached hydrogen (secondary N) is 1. The molecule has 1 fully saturated rings. The zero-order chi connectivity index (χ0) is 15.1. The zero-order valence-corrected chi connectivity index (χ0v) is 13.8. The largest absolute Gasteiger partial charge is 0.495 e. The average molecular weight is 290 g/mol. The molecule has 1 saturated carbocycles. The van der Waals surface area contributed by atoms with Crippen LogP contribution >= 0.6 is 0 Å². The molecule has 1 aliphatic rings. The van der Waals surface area contributed by atoms with Crippen LogP contribution in [0.2, 0.25) is 0 Å². The lowest BCUT2D eigenvalue weighted by molar-refractivity contribution is 0.371. The second-order valence-corrected chi connectivity index (χ2v) is 5.89. The number of anilines is 1. The van der Waals surface area contributed by atoms with Gasteiger partial charge in [0, 0.05) is 25.7 Å². The van der Waals surface area contributed by atoms with E-state index >= 15 is 0 Å². The highest BCUT2D eigenvalue weighted by atomic mass is 16.5. The van der Waals surface area contributed by atoms with Crippen molar-refractivity contribution < 1.29 is 4.74 Å². The summed E-state index contributed by atoms with van der Waals surface area (Å²) in [7, 11) is 1.76. The van der Waals surface area contributed by atoms with Gasteiger partial charge in [0.25, 0.3) is 0 Å². The van der Waals surface area contributed by atoms with Gasteiger partial charge in [-0.3, -0.25) is 0 Å². The van der Waals surface area contributed by atoms with Gasteiger partial charge in [-0.2, -0.15) is 0 Å². The van der Waals surface area contributed by atoms with E-state index in [2.05, 4.69) is 42.3 Å². The van der Waals surface area contributed by atoms with Crippen molar-refractivity contribution in [3.8, 4) is 5.75 Å². The molecule has 118 valence electrons. The van der Waals surface area contributed by atoms with Gasteiger partial charge in [-0.05, 0) is 44.4 Å². The summed E-state index contributed by atoms with van der Waals surface area (Å²) >= 11 is 0. The van der Waals surface area contributed by atoms with Gasteiger partial charge in [-0.15, -0.1) is 0 Å². The quantitative estimate of drug-likeness (QED) is 0.822. The van der Waals surface area contributed by atoms with Crippen LogP contribution in [0.1, 0.15) is 51.5 Å². The number of benzene rings is 1. The smallest absolute Gasteiger partial charge is 0.142 e. The fourth-order valence-electron chi connectivity index (χ4n) is 3.23. The third kappa shape index (κ3) is 4.37. The lowest BCUT2D eigenvalue weighted by Gasteiger charge is -2.25. The Kier molecular flexibility index (Phi) is 6.37. The van der Waals surface area contributed by atoms with Gasteiger partial charge < -0.3 is 15.0 Å². The summed E-state index contributed by atoms with van der Waals surface area (Å²) in [6, 6.07) is 7.31. The van der Waals surface area contributed by atoms with Gasteiger partial charge in [0.1, 0.15) is 5.75 Å². The Labute approximate surface area is 129 Å². The fraction of sp³-hybridized carbons (Fsp3) is 0.667. The Morgan fingerprint density at radius 1 is 1.14 bits per heavy atom. The minimum absolute atomic E-state index is 0.701. The first-order valence-corrected chi connectivity index (χ1v) is 8.43. The molecule has 1 N–H and O–H groups in total. The minimum Gasteiger partial charge on any atom is -0.495 e. The molecule has 3 heteroatoms. The van der Waals surface area contributed by atoms with Gasteiger partial charge >= 0.3 is 0 Å². The summed E-state index contributed by atoms with van der Waals surface area (Å²) in [5.74, 6) is 0.988. The molecule has 0 saturated heterocycles. The highest BCUT2D eigenvalue weighted by Gasteiger charge is 2.13. The standard InChI is InChI=1S/C18H30N2O/c1-4-20(5-2)17-12-11-15(13-18(17)21-3)14-19-16-9-7-6-8-10-16/h11-13,16,19H,4-10,14H2,1-3H3. The van der Waals surface area contributed by atoms with Crippen LogP contribution in [0.3, 0.4) is 0 Å². The summed E-state index contributed by atoms with van der Waals surface area (Å²) < 4.78 is 5.59. The van der Waals surface area contributed by atoms with Crippen molar-refractivity contribution in [2.45, 2.75) is 58.5 Å². The van der Waals surface area contributed by atoms with Crippen molar-refractivity contribution in [3.63, 3.8) is 0 Å². The molecule has 0 amide bonds.